The van der Waals surface area contributed by atoms with Gasteiger partial charge in [0.05, 0.1) is 16.6 Å². The highest BCUT2D eigenvalue weighted by molar-refractivity contribution is 6.05. The minimum atomic E-state index is -4.40. The summed E-state index contributed by atoms with van der Waals surface area (Å²) in [6.45, 7) is 3.45. The number of carbonyl (C=O) groups is 1. The molecular weight excluding hydrogens is 437 g/mol. The number of nitrogens with one attached hydrogen (secondary N) is 1. The number of aromatic carboxylic acids is 1. The lowest BCUT2D eigenvalue weighted by atomic mass is 10.1. The molecule has 4 rings (SSSR count). The predicted molar refractivity (Wildman–Crippen MR) is 116 cm³/mol. The predicted octanol–water partition coefficient (Wildman–Crippen LogP) is 4.43. The molecule has 7 nitrogen and oxygen atoms in total. The van der Waals surface area contributed by atoms with E-state index in [2.05, 4.69) is 20.2 Å². The third-order valence-electron chi connectivity index (χ3n) is 5.56. The van der Waals surface area contributed by atoms with Crippen LogP contribution in [0.4, 0.5) is 19.0 Å². The SMILES string of the molecule is O=C(O)c1cc(OCCN2CCCC2)cc2c(NCc3ccc(C(F)(F)F)cc3)ncnc12. The van der Waals surface area contributed by atoms with Crippen LogP contribution in [-0.4, -0.2) is 52.2 Å². The minimum absolute atomic E-state index is 0.0105. The van der Waals surface area contributed by atoms with Crippen LogP contribution in [0, 0.1) is 0 Å². The highest BCUT2D eigenvalue weighted by Crippen LogP contribution is 2.30. The molecule has 1 aliphatic rings. The van der Waals surface area contributed by atoms with Gasteiger partial charge in [0.1, 0.15) is 24.5 Å². The Hall–Kier alpha value is -3.40. The van der Waals surface area contributed by atoms with Crippen LogP contribution < -0.4 is 10.1 Å². The highest BCUT2D eigenvalue weighted by Gasteiger charge is 2.29. The lowest BCUT2D eigenvalue weighted by Crippen LogP contribution is -2.25. The average molecular weight is 460 g/mol. The van der Waals surface area contributed by atoms with Gasteiger partial charge in [-0.3, -0.25) is 4.90 Å². The lowest BCUT2D eigenvalue weighted by Gasteiger charge is -2.16. The highest BCUT2D eigenvalue weighted by atomic mass is 19.4. The molecule has 0 unspecified atom stereocenters. The van der Waals surface area contributed by atoms with Crippen molar-refractivity contribution < 1.29 is 27.8 Å². The smallest absolute Gasteiger partial charge is 0.416 e. The van der Waals surface area contributed by atoms with Crippen LogP contribution in [0.25, 0.3) is 10.9 Å². The summed E-state index contributed by atoms with van der Waals surface area (Å²) in [5.41, 5.74) is 0.134. The Morgan fingerprint density at radius 2 is 1.85 bits per heavy atom. The van der Waals surface area contributed by atoms with Gasteiger partial charge in [0.2, 0.25) is 0 Å². The second-order valence-corrected chi connectivity index (χ2v) is 7.84. The molecule has 0 spiro atoms. The first-order valence-corrected chi connectivity index (χ1v) is 10.6. The molecule has 0 aliphatic carbocycles. The van der Waals surface area contributed by atoms with Crippen molar-refractivity contribution in [2.24, 2.45) is 0 Å². The van der Waals surface area contributed by atoms with E-state index >= 15 is 0 Å². The van der Waals surface area contributed by atoms with Gasteiger partial charge in [-0.1, -0.05) is 12.1 Å². The fourth-order valence-corrected chi connectivity index (χ4v) is 3.82. The number of ether oxygens (including phenoxy) is 1. The van der Waals surface area contributed by atoms with Gasteiger partial charge in [-0.15, -0.1) is 0 Å². The summed E-state index contributed by atoms with van der Waals surface area (Å²) in [6.07, 6.45) is -0.806. The zero-order chi connectivity index (χ0) is 23.4. The van der Waals surface area contributed by atoms with E-state index in [1.54, 1.807) is 6.07 Å². The molecule has 0 saturated carbocycles. The van der Waals surface area contributed by atoms with E-state index < -0.39 is 17.7 Å². The summed E-state index contributed by atoms with van der Waals surface area (Å²) in [5, 5.41) is 13.2. The van der Waals surface area contributed by atoms with Gasteiger partial charge < -0.3 is 15.2 Å². The quantitative estimate of drug-likeness (QED) is 0.514. The van der Waals surface area contributed by atoms with E-state index in [1.165, 1.54) is 37.4 Å². The van der Waals surface area contributed by atoms with Gasteiger partial charge in [-0.05, 0) is 55.8 Å². The van der Waals surface area contributed by atoms with Gasteiger partial charge >= 0.3 is 12.1 Å². The topological polar surface area (TPSA) is 87.6 Å². The Kier molecular flexibility index (Phi) is 6.64. The molecule has 33 heavy (non-hydrogen) atoms. The van der Waals surface area contributed by atoms with E-state index in [0.29, 0.717) is 29.1 Å². The molecule has 1 saturated heterocycles. The van der Waals surface area contributed by atoms with Gasteiger partial charge in [-0.25, -0.2) is 14.8 Å². The maximum Gasteiger partial charge on any atom is 0.416 e. The summed E-state index contributed by atoms with van der Waals surface area (Å²) < 4.78 is 44.1. The van der Waals surface area contributed by atoms with Crippen molar-refractivity contribution in [3.05, 3.63) is 59.4 Å². The molecule has 174 valence electrons. The van der Waals surface area contributed by atoms with Crippen molar-refractivity contribution in [1.29, 1.82) is 0 Å². The Bertz CT molecular complexity index is 1130. The van der Waals surface area contributed by atoms with E-state index in [4.69, 9.17) is 4.74 Å². The van der Waals surface area contributed by atoms with Gasteiger partial charge in [0.15, 0.2) is 0 Å². The van der Waals surface area contributed by atoms with E-state index in [9.17, 15) is 23.1 Å². The number of fused-ring (bicyclic) bond motifs is 1. The molecule has 1 fully saturated rings. The van der Waals surface area contributed by atoms with Crippen molar-refractivity contribution in [3.63, 3.8) is 0 Å². The number of carboxylic acids is 1. The molecule has 2 N–H and O–H groups in total. The molecule has 0 amide bonds. The molecular formula is C23H23F3N4O3. The van der Waals surface area contributed by atoms with Crippen LogP contribution in [-0.2, 0) is 12.7 Å². The number of hydrogen-bond acceptors (Lipinski definition) is 6. The maximum absolute atomic E-state index is 12.8. The normalized spacial score (nSPS) is 14.5. The minimum Gasteiger partial charge on any atom is -0.492 e. The molecule has 2 aromatic carbocycles. The monoisotopic (exact) mass is 460 g/mol. The van der Waals surface area contributed by atoms with Crippen LogP contribution in [0.2, 0.25) is 0 Å². The van der Waals surface area contributed by atoms with Gasteiger partial charge in [0, 0.05) is 18.5 Å². The third-order valence-corrected chi connectivity index (χ3v) is 5.56. The van der Waals surface area contributed by atoms with Crippen LogP contribution in [0.3, 0.4) is 0 Å². The second kappa shape index (κ2) is 9.62. The first-order chi connectivity index (χ1) is 15.8. The van der Waals surface area contributed by atoms with Crippen molar-refractivity contribution >= 4 is 22.7 Å². The Balaban J connectivity index is 1.54. The number of alkyl halides is 3. The number of aromatic nitrogens is 2. The number of carboxylic acid groups (broad SMARTS) is 1. The number of rotatable bonds is 8. The zero-order valence-electron chi connectivity index (χ0n) is 17.7. The zero-order valence-corrected chi connectivity index (χ0v) is 17.7. The van der Waals surface area contributed by atoms with Crippen LogP contribution >= 0.6 is 0 Å². The third kappa shape index (κ3) is 5.51. The Morgan fingerprint density at radius 1 is 1.12 bits per heavy atom. The number of likely N-dealkylation sites (tertiary alicyclic amines) is 1. The fourth-order valence-electron chi connectivity index (χ4n) is 3.82. The van der Waals surface area contributed by atoms with E-state index in [0.717, 1.165) is 31.8 Å². The Labute approximate surface area is 188 Å². The van der Waals surface area contributed by atoms with Crippen LogP contribution in [0.5, 0.6) is 5.75 Å². The molecule has 1 aliphatic heterocycles. The largest absolute Gasteiger partial charge is 0.492 e. The first kappa shape index (κ1) is 22.8. The summed E-state index contributed by atoms with van der Waals surface area (Å²) >= 11 is 0. The molecule has 0 atom stereocenters. The van der Waals surface area contributed by atoms with Crippen molar-refractivity contribution in [2.45, 2.75) is 25.6 Å². The number of benzene rings is 2. The summed E-state index contributed by atoms with van der Waals surface area (Å²) in [4.78, 5) is 22.4. The van der Waals surface area contributed by atoms with Crippen LogP contribution in [0.1, 0.15) is 34.3 Å². The van der Waals surface area contributed by atoms with E-state index in [1.807, 2.05) is 0 Å². The van der Waals surface area contributed by atoms with Gasteiger partial charge in [0.25, 0.3) is 0 Å². The standard InChI is InChI=1S/C23H23F3N4O3/c24-23(25,26)16-5-3-15(4-6-16)13-27-21-18-11-17(33-10-9-30-7-1-2-8-30)12-19(22(31)32)20(18)28-14-29-21/h3-6,11-12,14H,1-2,7-10,13H2,(H,31,32)(H,27,28,29). The average Bonchev–Trinajstić information content (AvgIpc) is 3.30. The molecule has 10 heteroatoms. The fraction of sp³-hybridized carbons (Fsp3) is 0.348. The molecule has 2 heterocycles. The van der Waals surface area contributed by atoms with E-state index in [-0.39, 0.29) is 17.6 Å². The van der Waals surface area contributed by atoms with Crippen molar-refractivity contribution in [1.82, 2.24) is 14.9 Å². The molecule has 0 radical (unpaired) electrons. The van der Waals surface area contributed by atoms with Crippen LogP contribution in [0.15, 0.2) is 42.7 Å². The summed E-state index contributed by atoms with van der Waals surface area (Å²) in [6, 6.07) is 7.93. The summed E-state index contributed by atoms with van der Waals surface area (Å²) in [5.74, 6) is -0.378. The maximum atomic E-state index is 12.8. The molecule has 0 bridgehead atoms. The lowest BCUT2D eigenvalue weighted by molar-refractivity contribution is -0.137. The summed E-state index contributed by atoms with van der Waals surface area (Å²) in [7, 11) is 0. The number of halogens is 3. The molecule has 1 aromatic heterocycles. The van der Waals surface area contributed by atoms with Crippen molar-refractivity contribution in [2.75, 3.05) is 31.6 Å². The number of nitrogens with zero attached hydrogens (tertiary/aromatic N) is 3. The van der Waals surface area contributed by atoms with Crippen molar-refractivity contribution in [3.8, 4) is 5.75 Å². The number of anilines is 1. The first-order valence-electron chi connectivity index (χ1n) is 10.6. The molecule has 3 aromatic rings. The number of hydrogen-bond donors (Lipinski definition) is 2. The Morgan fingerprint density at radius 3 is 2.52 bits per heavy atom. The second-order valence-electron chi connectivity index (χ2n) is 7.84. The van der Waals surface area contributed by atoms with Gasteiger partial charge in [-0.2, -0.15) is 13.2 Å².